The van der Waals surface area contributed by atoms with Crippen LogP contribution in [0, 0.1) is 0 Å². The van der Waals surface area contributed by atoms with Crippen LogP contribution in [0.25, 0.3) is 0 Å². The summed E-state index contributed by atoms with van der Waals surface area (Å²) >= 11 is 7.59. The summed E-state index contributed by atoms with van der Waals surface area (Å²) in [6.45, 7) is 0. The van der Waals surface area contributed by atoms with Gasteiger partial charge < -0.3 is 9.88 Å². The fourth-order valence-corrected chi connectivity index (χ4v) is 3.06. The number of rotatable bonds is 5. The van der Waals surface area contributed by atoms with Crippen LogP contribution in [-0.2, 0) is 18.3 Å². The molecule has 0 aliphatic heterocycles. The Hall–Kier alpha value is -2.31. The van der Waals surface area contributed by atoms with Crippen LogP contribution in [0.15, 0.2) is 64.9 Å². The second-order valence-electron chi connectivity index (χ2n) is 5.17. The molecule has 0 fully saturated rings. The van der Waals surface area contributed by atoms with Crippen LogP contribution in [0.2, 0.25) is 5.02 Å². The van der Waals surface area contributed by atoms with E-state index in [1.54, 1.807) is 12.4 Å². The number of nitrogens with one attached hydrogen (secondary N) is 1. The number of carbonyl (C=O) groups excluding carboxylic acids is 1. The maximum absolute atomic E-state index is 12.1. The van der Waals surface area contributed by atoms with E-state index in [4.69, 9.17) is 11.6 Å². The minimum Gasteiger partial charge on any atom is -0.326 e. The van der Waals surface area contributed by atoms with Gasteiger partial charge in [-0.25, -0.2) is 0 Å². The second kappa shape index (κ2) is 7.51. The number of carbonyl (C=O) groups is 1. The molecule has 1 heterocycles. The number of aromatic nitrogens is 3. The van der Waals surface area contributed by atoms with Gasteiger partial charge in [0.05, 0.1) is 6.42 Å². The molecule has 0 aliphatic carbocycles. The molecule has 24 heavy (non-hydrogen) atoms. The van der Waals surface area contributed by atoms with Crippen molar-refractivity contribution in [3.05, 3.63) is 65.4 Å². The summed E-state index contributed by atoms with van der Waals surface area (Å²) in [5, 5.41) is 12.2. The molecule has 0 unspecified atom stereocenters. The summed E-state index contributed by atoms with van der Waals surface area (Å²) in [5.41, 5.74) is 1.56. The van der Waals surface area contributed by atoms with E-state index in [0.717, 1.165) is 21.3 Å². The van der Waals surface area contributed by atoms with Gasteiger partial charge in [0.25, 0.3) is 0 Å². The van der Waals surface area contributed by atoms with Gasteiger partial charge in [0.2, 0.25) is 5.91 Å². The summed E-state index contributed by atoms with van der Waals surface area (Å²) in [6, 6.07) is 14.9. The third-order valence-electron chi connectivity index (χ3n) is 3.33. The van der Waals surface area contributed by atoms with Gasteiger partial charge in [-0.15, -0.1) is 10.2 Å². The molecule has 1 N–H and O–H groups in total. The molecule has 0 atom stereocenters. The van der Waals surface area contributed by atoms with Crippen molar-refractivity contribution in [2.24, 2.45) is 7.05 Å². The number of aryl methyl sites for hydroxylation is 1. The summed E-state index contributed by atoms with van der Waals surface area (Å²) in [4.78, 5) is 13.1. The molecular weight excluding hydrogens is 344 g/mol. The fraction of sp³-hybridized carbons (Fsp3) is 0.118. The minimum absolute atomic E-state index is 0.100. The van der Waals surface area contributed by atoms with Crippen molar-refractivity contribution in [1.29, 1.82) is 0 Å². The molecule has 7 heteroatoms. The molecule has 0 saturated carbocycles. The molecule has 3 rings (SSSR count). The van der Waals surface area contributed by atoms with E-state index >= 15 is 0 Å². The predicted molar refractivity (Wildman–Crippen MR) is 95.4 cm³/mol. The van der Waals surface area contributed by atoms with Gasteiger partial charge >= 0.3 is 0 Å². The Morgan fingerprint density at radius 2 is 1.96 bits per heavy atom. The summed E-state index contributed by atoms with van der Waals surface area (Å²) in [6.07, 6.45) is 1.90. The van der Waals surface area contributed by atoms with Crippen LogP contribution in [0.1, 0.15) is 5.56 Å². The van der Waals surface area contributed by atoms with Gasteiger partial charge in [-0.05, 0) is 47.7 Å². The number of amides is 1. The van der Waals surface area contributed by atoms with Crippen LogP contribution < -0.4 is 5.32 Å². The van der Waals surface area contributed by atoms with Crippen LogP contribution in [0.4, 0.5) is 5.69 Å². The maximum Gasteiger partial charge on any atom is 0.228 e. The molecule has 1 amide bonds. The lowest BCUT2D eigenvalue weighted by atomic mass is 10.1. The van der Waals surface area contributed by atoms with Crippen molar-refractivity contribution in [3.63, 3.8) is 0 Å². The monoisotopic (exact) mass is 358 g/mol. The molecular formula is C17H15ClN4OS. The largest absolute Gasteiger partial charge is 0.326 e. The molecule has 3 aromatic rings. The highest BCUT2D eigenvalue weighted by Crippen LogP contribution is 2.26. The predicted octanol–water partition coefficient (Wildman–Crippen LogP) is 3.80. The third-order valence-corrected chi connectivity index (χ3v) is 4.75. The zero-order valence-corrected chi connectivity index (χ0v) is 14.5. The first-order chi connectivity index (χ1) is 11.6. The molecule has 2 aromatic carbocycles. The fourth-order valence-electron chi connectivity index (χ4n) is 2.10. The van der Waals surface area contributed by atoms with Crippen LogP contribution in [0.3, 0.4) is 0 Å². The van der Waals surface area contributed by atoms with Gasteiger partial charge in [-0.2, -0.15) is 0 Å². The van der Waals surface area contributed by atoms with E-state index in [-0.39, 0.29) is 12.3 Å². The SMILES string of the molecule is Cn1cnnc1Sc1ccc(NC(=O)Cc2ccccc2Cl)cc1. The van der Waals surface area contributed by atoms with E-state index in [9.17, 15) is 4.79 Å². The second-order valence-corrected chi connectivity index (χ2v) is 6.62. The lowest BCUT2D eigenvalue weighted by Crippen LogP contribution is -2.14. The van der Waals surface area contributed by atoms with Gasteiger partial charge in [-0.3, -0.25) is 4.79 Å². The van der Waals surface area contributed by atoms with Crippen molar-refractivity contribution in [2.45, 2.75) is 16.5 Å². The van der Waals surface area contributed by atoms with Gasteiger partial charge in [0.15, 0.2) is 5.16 Å². The molecule has 5 nitrogen and oxygen atoms in total. The van der Waals surface area contributed by atoms with Crippen molar-refractivity contribution in [1.82, 2.24) is 14.8 Å². The lowest BCUT2D eigenvalue weighted by molar-refractivity contribution is -0.115. The van der Waals surface area contributed by atoms with Crippen molar-refractivity contribution in [3.8, 4) is 0 Å². The quantitative estimate of drug-likeness (QED) is 0.753. The number of hydrogen-bond acceptors (Lipinski definition) is 4. The highest BCUT2D eigenvalue weighted by molar-refractivity contribution is 7.99. The molecule has 0 spiro atoms. The lowest BCUT2D eigenvalue weighted by Gasteiger charge is -2.07. The first-order valence-electron chi connectivity index (χ1n) is 7.27. The first kappa shape index (κ1) is 16.5. The van der Waals surface area contributed by atoms with E-state index in [0.29, 0.717) is 5.02 Å². The first-order valence-corrected chi connectivity index (χ1v) is 8.46. The number of halogens is 1. The molecule has 0 aliphatic rings. The number of nitrogens with zero attached hydrogens (tertiary/aromatic N) is 3. The zero-order valence-electron chi connectivity index (χ0n) is 12.9. The third kappa shape index (κ3) is 4.15. The van der Waals surface area contributed by atoms with Gasteiger partial charge in [-0.1, -0.05) is 29.8 Å². The normalized spacial score (nSPS) is 10.6. The van der Waals surface area contributed by atoms with E-state index in [2.05, 4.69) is 15.5 Å². The summed E-state index contributed by atoms with van der Waals surface area (Å²) in [7, 11) is 1.89. The minimum atomic E-state index is -0.100. The summed E-state index contributed by atoms with van der Waals surface area (Å²) < 4.78 is 1.85. The topological polar surface area (TPSA) is 59.8 Å². The number of anilines is 1. The molecule has 0 bridgehead atoms. The molecule has 0 saturated heterocycles. The van der Waals surface area contributed by atoms with Crippen molar-refractivity contribution < 1.29 is 4.79 Å². The Bertz CT molecular complexity index is 848. The Morgan fingerprint density at radius 1 is 1.21 bits per heavy atom. The van der Waals surface area contributed by atoms with Gasteiger partial charge in [0.1, 0.15) is 6.33 Å². The van der Waals surface area contributed by atoms with Gasteiger partial charge in [0, 0.05) is 22.7 Å². The van der Waals surface area contributed by atoms with Crippen LogP contribution >= 0.6 is 23.4 Å². The van der Waals surface area contributed by atoms with E-state index < -0.39 is 0 Å². The van der Waals surface area contributed by atoms with Crippen molar-refractivity contribution >= 4 is 35.0 Å². The Kier molecular flexibility index (Phi) is 5.17. The number of benzene rings is 2. The smallest absolute Gasteiger partial charge is 0.228 e. The maximum atomic E-state index is 12.1. The molecule has 122 valence electrons. The zero-order chi connectivity index (χ0) is 16.9. The average molecular weight is 359 g/mol. The van der Waals surface area contributed by atoms with Crippen molar-refractivity contribution in [2.75, 3.05) is 5.32 Å². The molecule has 1 aromatic heterocycles. The Morgan fingerprint density at radius 3 is 2.62 bits per heavy atom. The average Bonchev–Trinajstić information content (AvgIpc) is 2.96. The molecule has 0 radical (unpaired) electrons. The highest BCUT2D eigenvalue weighted by Gasteiger charge is 2.08. The van der Waals surface area contributed by atoms with E-state index in [1.165, 1.54) is 11.8 Å². The summed E-state index contributed by atoms with van der Waals surface area (Å²) in [5.74, 6) is -0.100. The van der Waals surface area contributed by atoms with Crippen LogP contribution in [0.5, 0.6) is 0 Å². The van der Waals surface area contributed by atoms with E-state index in [1.807, 2.05) is 54.1 Å². The van der Waals surface area contributed by atoms with Crippen LogP contribution in [-0.4, -0.2) is 20.7 Å². The number of hydrogen-bond donors (Lipinski definition) is 1. The Balaban J connectivity index is 1.61. The standard InChI is InChI=1S/C17H15ClN4OS/c1-22-11-19-21-17(22)24-14-8-6-13(7-9-14)20-16(23)10-12-4-2-3-5-15(12)18/h2-9,11H,10H2,1H3,(H,20,23). The highest BCUT2D eigenvalue weighted by atomic mass is 35.5. The Labute approximate surface area is 149 Å².